The molecule has 0 bridgehead atoms. The first kappa shape index (κ1) is 14.1. The maximum atomic E-state index is 12.7. The quantitative estimate of drug-likeness (QED) is 0.559. The Hall–Kier alpha value is -2.88. The van der Waals surface area contributed by atoms with E-state index in [1.54, 1.807) is 19.2 Å². The lowest BCUT2D eigenvalue weighted by Crippen LogP contribution is -1.80. The van der Waals surface area contributed by atoms with Gasteiger partial charge in [0.2, 0.25) is 0 Å². The first-order valence-electron chi connectivity index (χ1n) is 6.88. The lowest BCUT2D eigenvalue weighted by Gasteiger charge is -1.97. The van der Waals surface area contributed by atoms with E-state index in [4.69, 9.17) is 4.74 Å². The number of hydrogen-bond acceptors (Lipinski definition) is 2. The number of aromatic amines is 1. The number of pyridine rings is 1. The smallest absolute Gasteiger partial charge is 0.192 e. The number of nitrogens with zero attached hydrogens (tertiary/aromatic N) is 1. The van der Waals surface area contributed by atoms with E-state index in [2.05, 4.69) is 22.1 Å². The first-order valence-corrected chi connectivity index (χ1v) is 6.88. The first-order chi connectivity index (χ1) is 10.8. The van der Waals surface area contributed by atoms with Crippen LogP contribution in [0.3, 0.4) is 0 Å². The van der Waals surface area contributed by atoms with E-state index in [-0.39, 0.29) is 5.95 Å². The number of para-hydroxylation sites is 1. The Balaban J connectivity index is 0.000000133. The third-order valence-electron chi connectivity index (χ3n) is 3.31. The van der Waals surface area contributed by atoms with Crippen LogP contribution in [0.1, 0.15) is 0 Å². The van der Waals surface area contributed by atoms with Gasteiger partial charge in [-0.25, -0.2) is 0 Å². The van der Waals surface area contributed by atoms with Crippen molar-refractivity contribution < 1.29 is 9.13 Å². The van der Waals surface area contributed by atoms with Crippen molar-refractivity contribution in [2.24, 2.45) is 0 Å². The Morgan fingerprint density at radius 3 is 2.59 bits per heavy atom. The number of hydrogen-bond donors (Lipinski definition) is 1. The molecule has 1 N–H and O–H groups in total. The Morgan fingerprint density at radius 2 is 1.77 bits per heavy atom. The van der Waals surface area contributed by atoms with Crippen LogP contribution in [0, 0.1) is 5.95 Å². The number of H-pyrrole nitrogens is 1. The molecule has 0 atom stereocenters. The van der Waals surface area contributed by atoms with Gasteiger partial charge in [0.15, 0.2) is 5.95 Å². The van der Waals surface area contributed by atoms with E-state index >= 15 is 0 Å². The summed E-state index contributed by atoms with van der Waals surface area (Å²) in [6.45, 7) is 0. The monoisotopic (exact) mass is 294 g/mol. The fraction of sp³-hybridized carbons (Fsp3) is 0.0556. The standard InChI is InChI=1S/C9H8FNO.C9H7N/c1-12-7-3-2-6-4-9(10)11-8(6)5-7;1-2-6-9-8(4-1)5-3-7-10-9/h2-5,11H,1H3;1-7H. The number of methoxy groups -OCH3 is 1. The summed E-state index contributed by atoms with van der Waals surface area (Å²) in [5.41, 5.74) is 1.82. The van der Waals surface area contributed by atoms with Crippen LogP contribution in [-0.2, 0) is 0 Å². The second kappa shape index (κ2) is 6.26. The van der Waals surface area contributed by atoms with Crippen LogP contribution in [0.15, 0.2) is 66.9 Å². The predicted octanol–water partition coefficient (Wildman–Crippen LogP) is 4.55. The molecule has 4 heteroatoms. The second-order valence-corrected chi connectivity index (χ2v) is 4.77. The highest BCUT2D eigenvalue weighted by atomic mass is 19.1. The molecule has 0 spiro atoms. The van der Waals surface area contributed by atoms with Crippen molar-refractivity contribution in [3.05, 3.63) is 72.8 Å². The summed E-state index contributed by atoms with van der Waals surface area (Å²) in [7, 11) is 1.58. The molecule has 0 aliphatic carbocycles. The van der Waals surface area contributed by atoms with Crippen molar-refractivity contribution in [1.82, 2.24) is 9.97 Å². The molecule has 3 nitrogen and oxygen atoms in total. The van der Waals surface area contributed by atoms with E-state index in [9.17, 15) is 4.39 Å². The average molecular weight is 294 g/mol. The van der Waals surface area contributed by atoms with Crippen LogP contribution in [-0.4, -0.2) is 17.1 Å². The molecule has 4 rings (SSSR count). The molecule has 0 radical (unpaired) electrons. The van der Waals surface area contributed by atoms with Crippen molar-refractivity contribution in [2.45, 2.75) is 0 Å². The summed E-state index contributed by atoms with van der Waals surface area (Å²) in [4.78, 5) is 6.77. The summed E-state index contributed by atoms with van der Waals surface area (Å²) >= 11 is 0. The topological polar surface area (TPSA) is 37.9 Å². The van der Waals surface area contributed by atoms with E-state index in [1.807, 2.05) is 36.5 Å². The zero-order valence-electron chi connectivity index (χ0n) is 12.1. The van der Waals surface area contributed by atoms with Crippen molar-refractivity contribution in [2.75, 3.05) is 7.11 Å². The highest BCUT2D eigenvalue weighted by molar-refractivity contribution is 5.80. The Labute approximate surface area is 127 Å². The van der Waals surface area contributed by atoms with E-state index < -0.39 is 0 Å². The molecule has 2 aromatic carbocycles. The van der Waals surface area contributed by atoms with Gasteiger partial charge in [-0.2, -0.15) is 4.39 Å². The number of halogens is 1. The Bertz CT molecular complexity index is 836. The number of rotatable bonds is 1. The van der Waals surface area contributed by atoms with Crippen molar-refractivity contribution in [3.63, 3.8) is 0 Å². The Morgan fingerprint density at radius 1 is 0.955 bits per heavy atom. The molecule has 0 amide bonds. The Kier molecular flexibility index (Phi) is 4.01. The van der Waals surface area contributed by atoms with Gasteiger partial charge in [0, 0.05) is 29.1 Å². The number of aromatic nitrogens is 2. The summed E-state index contributed by atoms with van der Waals surface area (Å²) in [5, 5.41) is 2.05. The zero-order valence-corrected chi connectivity index (χ0v) is 12.1. The van der Waals surface area contributed by atoms with E-state index in [0.717, 1.165) is 22.2 Å². The highest BCUT2D eigenvalue weighted by Gasteiger charge is 2.00. The van der Waals surface area contributed by atoms with Crippen LogP contribution in [0.2, 0.25) is 0 Å². The van der Waals surface area contributed by atoms with Crippen LogP contribution in [0.25, 0.3) is 21.8 Å². The maximum absolute atomic E-state index is 12.7. The fourth-order valence-corrected chi connectivity index (χ4v) is 2.21. The largest absolute Gasteiger partial charge is 0.497 e. The molecule has 0 saturated heterocycles. The predicted molar refractivity (Wildman–Crippen MR) is 86.6 cm³/mol. The zero-order chi connectivity index (χ0) is 15.4. The summed E-state index contributed by atoms with van der Waals surface area (Å²) in [5.74, 6) is 0.405. The van der Waals surface area contributed by atoms with Gasteiger partial charge in [0.25, 0.3) is 0 Å². The van der Waals surface area contributed by atoms with Gasteiger partial charge in [-0.3, -0.25) is 4.98 Å². The molecule has 0 unspecified atom stereocenters. The normalized spacial score (nSPS) is 10.3. The van der Waals surface area contributed by atoms with Crippen LogP contribution in [0.4, 0.5) is 4.39 Å². The SMILES string of the molecule is COc1ccc2cc(F)[nH]c2c1.c1ccc2ncccc2c1. The van der Waals surface area contributed by atoms with Gasteiger partial charge in [-0.15, -0.1) is 0 Å². The average Bonchev–Trinajstić information content (AvgIpc) is 2.94. The van der Waals surface area contributed by atoms with Gasteiger partial charge in [-0.1, -0.05) is 24.3 Å². The van der Waals surface area contributed by atoms with E-state index in [0.29, 0.717) is 0 Å². The van der Waals surface area contributed by atoms with Crippen LogP contribution >= 0.6 is 0 Å². The minimum Gasteiger partial charge on any atom is -0.497 e. The van der Waals surface area contributed by atoms with Gasteiger partial charge in [0.05, 0.1) is 18.1 Å². The minimum atomic E-state index is -0.321. The number of benzene rings is 2. The second-order valence-electron chi connectivity index (χ2n) is 4.77. The van der Waals surface area contributed by atoms with Gasteiger partial charge in [0.1, 0.15) is 5.75 Å². The summed E-state index contributed by atoms with van der Waals surface area (Å²) in [6.07, 6.45) is 1.81. The molecule has 4 aromatic rings. The molecule has 0 aliphatic rings. The molecule has 110 valence electrons. The molecular weight excluding hydrogens is 279 g/mol. The van der Waals surface area contributed by atoms with Crippen molar-refractivity contribution in [3.8, 4) is 5.75 Å². The lowest BCUT2D eigenvalue weighted by atomic mass is 10.2. The maximum Gasteiger partial charge on any atom is 0.192 e. The highest BCUT2D eigenvalue weighted by Crippen LogP contribution is 2.20. The third kappa shape index (κ3) is 3.06. The van der Waals surface area contributed by atoms with Gasteiger partial charge in [-0.05, 0) is 24.3 Å². The third-order valence-corrected chi connectivity index (χ3v) is 3.31. The van der Waals surface area contributed by atoms with Crippen molar-refractivity contribution >= 4 is 21.8 Å². The fourth-order valence-electron chi connectivity index (χ4n) is 2.21. The summed E-state index contributed by atoms with van der Waals surface area (Å²) < 4.78 is 17.7. The van der Waals surface area contributed by atoms with Crippen LogP contribution in [0.5, 0.6) is 5.75 Å². The lowest BCUT2D eigenvalue weighted by molar-refractivity contribution is 0.415. The molecule has 22 heavy (non-hydrogen) atoms. The molecule has 0 fully saturated rings. The van der Waals surface area contributed by atoms with Gasteiger partial charge < -0.3 is 9.72 Å². The van der Waals surface area contributed by atoms with Crippen LogP contribution < -0.4 is 4.74 Å². The molecule has 0 aliphatic heterocycles. The molecular formula is C18H15FN2O. The molecule has 0 saturated carbocycles. The van der Waals surface area contributed by atoms with Crippen molar-refractivity contribution in [1.29, 1.82) is 0 Å². The number of nitrogens with one attached hydrogen (secondary N) is 1. The van der Waals surface area contributed by atoms with E-state index in [1.165, 1.54) is 11.5 Å². The number of fused-ring (bicyclic) bond motifs is 2. The van der Waals surface area contributed by atoms with Gasteiger partial charge >= 0.3 is 0 Å². The number of ether oxygens (including phenoxy) is 1. The molecule has 2 aromatic heterocycles. The summed E-state index contributed by atoms with van der Waals surface area (Å²) in [6, 6.07) is 18.9. The minimum absolute atomic E-state index is 0.321. The molecule has 2 heterocycles.